The predicted molar refractivity (Wildman–Crippen MR) is 148 cm³/mol. The average molecular weight is 535 g/mol. The van der Waals surface area contributed by atoms with Gasteiger partial charge < -0.3 is 19.6 Å². The number of nitrogens with zero attached hydrogens (tertiary/aromatic N) is 2. The molecule has 1 spiro atoms. The van der Waals surface area contributed by atoms with Crippen molar-refractivity contribution in [1.82, 2.24) is 9.80 Å². The molecule has 3 saturated heterocycles. The molecule has 5 atom stereocenters. The van der Waals surface area contributed by atoms with E-state index in [0.717, 1.165) is 57.8 Å². The number of unbranched alkanes of at least 4 members (excludes halogenated alkanes) is 5. The third-order valence-electron chi connectivity index (χ3n) is 8.31. The first kappa shape index (κ1) is 29.8. The number of esters is 1. The van der Waals surface area contributed by atoms with Crippen molar-refractivity contribution < 1.29 is 24.2 Å². The minimum atomic E-state index is -0.607. The number of carbonyl (C=O) groups excluding carboxylic acids is 3. The Bertz CT molecular complexity index is 850. The van der Waals surface area contributed by atoms with Crippen LogP contribution in [0.5, 0.6) is 0 Å². The Balaban J connectivity index is 1.91. The van der Waals surface area contributed by atoms with Crippen LogP contribution in [0.4, 0.5) is 0 Å². The maximum absolute atomic E-state index is 14.2. The van der Waals surface area contributed by atoms with Crippen LogP contribution in [0.2, 0.25) is 0 Å². The minimum Gasteiger partial charge on any atom is -0.465 e. The van der Waals surface area contributed by atoms with Gasteiger partial charge in [-0.2, -0.15) is 0 Å². The Morgan fingerprint density at radius 3 is 2.59 bits per heavy atom. The van der Waals surface area contributed by atoms with Crippen molar-refractivity contribution in [3.05, 3.63) is 25.3 Å². The lowest BCUT2D eigenvalue weighted by Crippen LogP contribution is -2.55. The summed E-state index contributed by atoms with van der Waals surface area (Å²) < 4.78 is 4.68. The molecule has 0 aromatic heterocycles. The molecule has 3 heterocycles. The smallest absolute Gasteiger partial charge is 0.311 e. The van der Waals surface area contributed by atoms with Gasteiger partial charge in [-0.15, -0.1) is 24.9 Å². The number of amides is 2. The van der Waals surface area contributed by atoms with Gasteiger partial charge in [0.25, 0.3) is 0 Å². The summed E-state index contributed by atoms with van der Waals surface area (Å²) in [4.78, 5) is 45.4. The minimum absolute atomic E-state index is 0.0173. The van der Waals surface area contributed by atoms with E-state index in [1.807, 2.05) is 4.90 Å². The topological polar surface area (TPSA) is 87.1 Å². The van der Waals surface area contributed by atoms with Crippen LogP contribution in [-0.2, 0) is 19.1 Å². The fourth-order valence-corrected chi connectivity index (χ4v) is 8.85. The number of aliphatic hydroxyl groups excluding tert-OH is 1. The van der Waals surface area contributed by atoms with Crippen LogP contribution in [0, 0.1) is 11.8 Å². The lowest BCUT2D eigenvalue weighted by Gasteiger charge is -2.37. The second kappa shape index (κ2) is 13.3. The first-order valence-corrected chi connectivity index (χ1v) is 14.9. The molecular weight excluding hydrogens is 488 g/mol. The van der Waals surface area contributed by atoms with Crippen LogP contribution in [0.25, 0.3) is 0 Å². The van der Waals surface area contributed by atoms with Gasteiger partial charge in [0.15, 0.2) is 0 Å². The largest absolute Gasteiger partial charge is 0.465 e. The number of fused-ring (bicyclic) bond motifs is 1. The molecule has 0 aromatic rings. The van der Waals surface area contributed by atoms with Crippen LogP contribution in [0.1, 0.15) is 78.1 Å². The van der Waals surface area contributed by atoms with Crippen molar-refractivity contribution in [2.24, 2.45) is 11.8 Å². The van der Waals surface area contributed by atoms with E-state index in [2.05, 4.69) is 27.0 Å². The Morgan fingerprint density at radius 2 is 1.92 bits per heavy atom. The standard InChI is InChI=1S/C29H46N2O5S/c1-5-8-14-21-36-27(35)23-22-25(33)31(19-12-10-11-13-20-32)24(29(22)16-15-28(23,4)37-29)26(34)30(17-7-3)18-9-6-2/h5,7,22-24,32H,1,3,6,8-21H2,2,4H3/t22-,23-,24?,28+,29?/m0/s1. The highest BCUT2D eigenvalue weighted by Crippen LogP contribution is 2.71. The molecule has 0 radical (unpaired) electrons. The molecule has 3 rings (SSSR count). The highest BCUT2D eigenvalue weighted by atomic mass is 32.2. The van der Waals surface area contributed by atoms with Crippen LogP contribution in [0.15, 0.2) is 25.3 Å². The summed E-state index contributed by atoms with van der Waals surface area (Å²) in [6, 6.07) is -0.579. The molecule has 2 unspecified atom stereocenters. The third-order valence-corrected chi connectivity index (χ3v) is 10.3. The van der Waals surface area contributed by atoms with Crippen LogP contribution < -0.4 is 0 Å². The first-order chi connectivity index (χ1) is 17.8. The number of likely N-dealkylation sites (tertiary alicyclic amines) is 1. The van der Waals surface area contributed by atoms with Crippen LogP contribution in [0.3, 0.4) is 0 Å². The van der Waals surface area contributed by atoms with Gasteiger partial charge in [0, 0.05) is 31.0 Å². The maximum Gasteiger partial charge on any atom is 0.311 e. The van der Waals surface area contributed by atoms with E-state index in [1.165, 1.54) is 0 Å². The van der Waals surface area contributed by atoms with Crippen LogP contribution in [-0.4, -0.2) is 81.1 Å². The maximum atomic E-state index is 14.2. The van der Waals surface area contributed by atoms with Gasteiger partial charge in [-0.05, 0) is 51.9 Å². The SMILES string of the molecule is C=CCCCOC(=O)[C@@H]1[C@H]2C(=O)N(CCCCCCO)C(C(=O)N(CC=C)CCCC)C23CC[C@@]1(C)S3. The van der Waals surface area contributed by atoms with Gasteiger partial charge in [-0.1, -0.05) is 38.3 Å². The normalized spacial score (nSPS) is 29.9. The highest BCUT2D eigenvalue weighted by Gasteiger charge is 2.77. The van der Waals surface area contributed by atoms with Crippen molar-refractivity contribution in [3.8, 4) is 0 Å². The molecule has 8 heteroatoms. The average Bonchev–Trinajstić information content (AvgIpc) is 3.44. The van der Waals surface area contributed by atoms with E-state index in [0.29, 0.717) is 32.7 Å². The number of rotatable bonds is 17. The summed E-state index contributed by atoms with van der Waals surface area (Å²) >= 11 is 1.70. The van der Waals surface area contributed by atoms with Gasteiger partial charge in [0.1, 0.15) is 6.04 Å². The van der Waals surface area contributed by atoms with Gasteiger partial charge in [-0.3, -0.25) is 14.4 Å². The second-order valence-electron chi connectivity index (χ2n) is 10.9. The number of ether oxygens (including phenoxy) is 1. The molecule has 3 aliphatic rings. The summed E-state index contributed by atoms with van der Waals surface area (Å²) in [5.74, 6) is -1.47. The molecule has 37 heavy (non-hydrogen) atoms. The van der Waals surface area contributed by atoms with Crippen molar-refractivity contribution in [2.45, 2.75) is 93.6 Å². The molecule has 1 N–H and O–H groups in total. The van der Waals surface area contributed by atoms with Crippen LogP contribution >= 0.6 is 11.8 Å². The molecule has 2 amide bonds. The lowest BCUT2D eigenvalue weighted by atomic mass is 9.66. The quantitative estimate of drug-likeness (QED) is 0.170. The molecule has 2 bridgehead atoms. The van der Waals surface area contributed by atoms with E-state index in [4.69, 9.17) is 9.84 Å². The molecule has 0 aromatic carbocycles. The summed E-state index contributed by atoms with van der Waals surface area (Å²) in [5.41, 5.74) is 0. The Kier molecular flexibility index (Phi) is 10.7. The number of hydrogen-bond donors (Lipinski definition) is 1. The molecule has 0 aliphatic carbocycles. The van der Waals surface area contributed by atoms with Crippen molar-refractivity contribution in [2.75, 3.05) is 32.8 Å². The molecule has 208 valence electrons. The summed E-state index contributed by atoms with van der Waals surface area (Å²) in [6.45, 7) is 13.8. The van der Waals surface area contributed by atoms with E-state index >= 15 is 0 Å². The first-order valence-electron chi connectivity index (χ1n) is 14.1. The zero-order chi connectivity index (χ0) is 27.1. The second-order valence-corrected chi connectivity index (χ2v) is 12.8. The molecular formula is C29H46N2O5S. The number of allylic oxidation sites excluding steroid dienone is 1. The summed E-state index contributed by atoms with van der Waals surface area (Å²) in [6.07, 6.45) is 11.7. The third kappa shape index (κ3) is 5.95. The highest BCUT2D eigenvalue weighted by molar-refractivity contribution is 8.02. The number of thioether (sulfide) groups is 1. The van der Waals surface area contributed by atoms with Gasteiger partial charge >= 0.3 is 5.97 Å². The molecule has 7 nitrogen and oxygen atoms in total. The van der Waals surface area contributed by atoms with E-state index in [-0.39, 0.29) is 24.4 Å². The lowest BCUT2D eigenvalue weighted by molar-refractivity contribution is -0.155. The van der Waals surface area contributed by atoms with E-state index in [1.54, 1.807) is 28.8 Å². The Labute approximate surface area is 227 Å². The zero-order valence-electron chi connectivity index (χ0n) is 22.8. The Morgan fingerprint density at radius 1 is 1.16 bits per heavy atom. The van der Waals surface area contributed by atoms with Gasteiger partial charge in [0.05, 0.1) is 23.2 Å². The predicted octanol–water partition coefficient (Wildman–Crippen LogP) is 4.34. The summed E-state index contributed by atoms with van der Waals surface area (Å²) in [5, 5.41) is 9.12. The van der Waals surface area contributed by atoms with Gasteiger partial charge in [0.2, 0.25) is 11.8 Å². The van der Waals surface area contributed by atoms with E-state index < -0.39 is 27.4 Å². The fraction of sp³-hybridized carbons (Fsp3) is 0.759. The fourth-order valence-electron chi connectivity index (χ4n) is 6.51. The summed E-state index contributed by atoms with van der Waals surface area (Å²) in [7, 11) is 0. The monoisotopic (exact) mass is 534 g/mol. The Hall–Kier alpha value is -1.80. The number of hydrogen-bond acceptors (Lipinski definition) is 6. The van der Waals surface area contributed by atoms with Gasteiger partial charge in [-0.25, -0.2) is 0 Å². The molecule has 3 aliphatic heterocycles. The van der Waals surface area contributed by atoms with E-state index in [9.17, 15) is 14.4 Å². The number of aliphatic hydroxyl groups is 1. The zero-order valence-corrected chi connectivity index (χ0v) is 23.6. The van der Waals surface area contributed by atoms with Crippen molar-refractivity contribution in [3.63, 3.8) is 0 Å². The number of carbonyl (C=O) groups is 3. The van der Waals surface area contributed by atoms with Crippen molar-refractivity contribution >= 4 is 29.5 Å². The van der Waals surface area contributed by atoms with Crippen molar-refractivity contribution in [1.29, 1.82) is 0 Å². The molecule has 3 fully saturated rings. The molecule has 0 saturated carbocycles.